The van der Waals surface area contributed by atoms with Crippen LogP contribution in [0.4, 0.5) is 5.69 Å². The molecule has 3 nitrogen and oxygen atoms in total. The van der Waals surface area contributed by atoms with Crippen molar-refractivity contribution in [1.29, 1.82) is 0 Å². The van der Waals surface area contributed by atoms with Crippen LogP contribution in [0.3, 0.4) is 0 Å². The first kappa shape index (κ1) is 11.9. The van der Waals surface area contributed by atoms with Crippen LogP contribution < -0.4 is 5.73 Å². The minimum atomic E-state index is 0.0528. The van der Waals surface area contributed by atoms with Gasteiger partial charge in [0.25, 0.3) is 0 Å². The van der Waals surface area contributed by atoms with Crippen molar-refractivity contribution in [3.05, 3.63) is 46.7 Å². The zero-order valence-corrected chi connectivity index (χ0v) is 11.2. The molecule has 0 amide bonds. The number of carbonyl (C=O) groups excluding carboxylic acids is 1. The van der Waals surface area contributed by atoms with Crippen molar-refractivity contribution in [2.45, 2.75) is 26.7 Å². The van der Waals surface area contributed by atoms with Crippen LogP contribution in [0.5, 0.6) is 0 Å². The zero-order chi connectivity index (χ0) is 13.6. The fourth-order valence-electron chi connectivity index (χ4n) is 2.71. The number of nitrogens with two attached hydrogens (primary N) is 1. The van der Waals surface area contributed by atoms with E-state index in [0.717, 1.165) is 40.6 Å². The molecule has 1 aromatic heterocycles. The number of nitrogens with zero attached hydrogens (tertiary/aromatic N) is 1. The summed E-state index contributed by atoms with van der Waals surface area (Å²) >= 11 is 0. The Morgan fingerprint density at radius 2 is 1.95 bits per heavy atom. The number of allylic oxidation sites excluding steroid dienone is 2. The first-order valence-electron chi connectivity index (χ1n) is 6.47. The molecule has 96 valence electrons. The highest BCUT2D eigenvalue weighted by molar-refractivity contribution is 6.17. The maximum atomic E-state index is 12.5. The minimum Gasteiger partial charge on any atom is -0.398 e. The van der Waals surface area contributed by atoms with Gasteiger partial charge in [-0.1, -0.05) is 23.8 Å². The second-order valence-corrected chi connectivity index (χ2v) is 5.17. The number of fused-ring (bicyclic) bond motifs is 2. The molecule has 0 atom stereocenters. The molecule has 1 heterocycles. The topological polar surface area (TPSA) is 56.0 Å². The minimum absolute atomic E-state index is 0.0528. The number of hydrogen-bond acceptors (Lipinski definition) is 3. The number of carbonyl (C=O) groups is 1. The van der Waals surface area contributed by atoms with Crippen LogP contribution in [0.1, 0.15) is 36.3 Å². The van der Waals surface area contributed by atoms with Gasteiger partial charge in [0.1, 0.15) is 0 Å². The lowest BCUT2D eigenvalue weighted by Crippen LogP contribution is -2.19. The predicted octanol–water partition coefficient (Wildman–Crippen LogP) is 3.28. The maximum absolute atomic E-state index is 12.5. The van der Waals surface area contributed by atoms with Crippen molar-refractivity contribution in [3.8, 4) is 0 Å². The first-order chi connectivity index (χ1) is 9.09. The monoisotopic (exact) mass is 252 g/mol. The van der Waals surface area contributed by atoms with Crippen molar-refractivity contribution in [3.63, 3.8) is 0 Å². The number of rotatable bonds is 0. The SMILES string of the molecule is CC(C)=C1CCc2nc3ccccc3c(N)c2C1=O. The smallest absolute Gasteiger partial charge is 0.192 e. The molecule has 0 spiro atoms. The van der Waals surface area contributed by atoms with Crippen LogP contribution >= 0.6 is 0 Å². The standard InChI is InChI=1S/C16H16N2O/c1-9(2)10-7-8-13-14(16(10)19)15(17)11-5-3-4-6-12(11)18-13/h3-6H,7-8H2,1-2H3,(H2,17,18). The van der Waals surface area contributed by atoms with Gasteiger partial charge in [0.05, 0.1) is 22.5 Å². The van der Waals surface area contributed by atoms with Crippen molar-refractivity contribution >= 4 is 22.4 Å². The number of para-hydroxylation sites is 1. The molecule has 3 rings (SSSR count). The van der Waals surface area contributed by atoms with E-state index >= 15 is 0 Å². The van der Waals surface area contributed by atoms with Crippen LogP contribution in [0.15, 0.2) is 35.4 Å². The largest absolute Gasteiger partial charge is 0.398 e. The number of Topliss-reactive ketones (excluding diaryl/α,β-unsaturated/α-hetero) is 1. The van der Waals surface area contributed by atoms with Crippen LogP contribution in [-0.2, 0) is 6.42 Å². The lowest BCUT2D eigenvalue weighted by Gasteiger charge is -2.20. The first-order valence-corrected chi connectivity index (χ1v) is 6.47. The molecule has 0 bridgehead atoms. The van der Waals surface area contributed by atoms with Crippen molar-refractivity contribution in [2.75, 3.05) is 5.73 Å². The summed E-state index contributed by atoms with van der Waals surface area (Å²) in [6.45, 7) is 3.95. The second-order valence-electron chi connectivity index (χ2n) is 5.17. The lowest BCUT2D eigenvalue weighted by molar-refractivity contribution is 0.102. The molecule has 0 fully saturated rings. The van der Waals surface area contributed by atoms with Crippen LogP contribution in [0.2, 0.25) is 0 Å². The third-order valence-electron chi connectivity index (χ3n) is 3.72. The quantitative estimate of drug-likeness (QED) is 0.732. The number of nitrogen functional groups attached to an aromatic ring is 1. The molecule has 0 aliphatic heterocycles. The summed E-state index contributed by atoms with van der Waals surface area (Å²) in [4.78, 5) is 17.1. The van der Waals surface area contributed by atoms with Crippen LogP contribution in [-0.4, -0.2) is 10.8 Å². The average Bonchev–Trinajstić information content (AvgIpc) is 2.38. The molecule has 3 heteroatoms. The maximum Gasteiger partial charge on any atom is 0.192 e. The Morgan fingerprint density at radius 1 is 1.21 bits per heavy atom. The molecule has 0 unspecified atom stereocenters. The van der Waals surface area contributed by atoms with E-state index in [1.165, 1.54) is 0 Å². The van der Waals surface area contributed by atoms with Gasteiger partial charge in [-0.2, -0.15) is 0 Å². The summed E-state index contributed by atoms with van der Waals surface area (Å²) in [6, 6.07) is 7.71. The summed E-state index contributed by atoms with van der Waals surface area (Å²) in [5.74, 6) is 0.0528. The highest BCUT2D eigenvalue weighted by Crippen LogP contribution is 2.33. The summed E-state index contributed by atoms with van der Waals surface area (Å²) in [6.07, 6.45) is 1.55. The Hall–Kier alpha value is -2.16. The molecule has 2 aromatic rings. The Kier molecular flexibility index (Phi) is 2.63. The van der Waals surface area contributed by atoms with Gasteiger partial charge in [-0.25, -0.2) is 0 Å². The molecular weight excluding hydrogens is 236 g/mol. The lowest BCUT2D eigenvalue weighted by atomic mass is 9.86. The molecule has 1 aliphatic carbocycles. The number of hydrogen-bond donors (Lipinski definition) is 1. The molecule has 1 aromatic carbocycles. The van der Waals surface area contributed by atoms with Gasteiger partial charge < -0.3 is 5.73 Å². The molecule has 0 radical (unpaired) electrons. The van der Waals surface area contributed by atoms with E-state index in [1.807, 2.05) is 38.1 Å². The van der Waals surface area contributed by atoms with Gasteiger partial charge in [-0.3, -0.25) is 9.78 Å². The van der Waals surface area contributed by atoms with Gasteiger partial charge in [0.15, 0.2) is 5.78 Å². The molecule has 0 saturated heterocycles. The highest BCUT2D eigenvalue weighted by Gasteiger charge is 2.27. The predicted molar refractivity (Wildman–Crippen MR) is 77.2 cm³/mol. The molecule has 1 aliphatic rings. The third-order valence-corrected chi connectivity index (χ3v) is 3.72. The fraction of sp³-hybridized carbons (Fsp3) is 0.250. The van der Waals surface area contributed by atoms with Gasteiger partial charge >= 0.3 is 0 Å². The van der Waals surface area contributed by atoms with E-state index in [4.69, 9.17) is 5.73 Å². The number of ketones is 1. The Bertz CT molecular complexity index is 725. The second kappa shape index (κ2) is 4.19. The van der Waals surface area contributed by atoms with E-state index < -0.39 is 0 Å². The molecule has 0 saturated carbocycles. The van der Waals surface area contributed by atoms with Gasteiger partial charge in [-0.05, 0) is 38.3 Å². The third kappa shape index (κ3) is 1.73. The number of aromatic nitrogens is 1. The van der Waals surface area contributed by atoms with Gasteiger partial charge in [0.2, 0.25) is 0 Å². The Labute approximate surface area is 112 Å². The molecular formula is C16H16N2O. The summed E-state index contributed by atoms with van der Waals surface area (Å²) in [5.41, 5.74) is 11.1. The van der Waals surface area contributed by atoms with Crippen molar-refractivity contribution in [1.82, 2.24) is 4.98 Å². The number of aryl methyl sites for hydroxylation is 1. The van der Waals surface area contributed by atoms with Crippen LogP contribution in [0.25, 0.3) is 10.9 Å². The van der Waals surface area contributed by atoms with Crippen molar-refractivity contribution in [2.24, 2.45) is 0 Å². The number of benzene rings is 1. The zero-order valence-electron chi connectivity index (χ0n) is 11.2. The molecule has 19 heavy (non-hydrogen) atoms. The Morgan fingerprint density at radius 3 is 2.68 bits per heavy atom. The summed E-state index contributed by atoms with van der Waals surface area (Å²) < 4.78 is 0. The Balaban J connectivity index is 2.33. The average molecular weight is 252 g/mol. The fourth-order valence-corrected chi connectivity index (χ4v) is 2.71. The highest BCUT2D eigenvalue weighted by atomic mass is 16.1. The van der Waals surface area contributed by atoms with Crippen molar-refractivity contribution < 1.29 is 4.79 Å². The van der Waals surface area contributed by atoms with E-state index in [0.29, 0.717) is 11.3 Å². The van der Waals surface area contributed by atoms with Gasteiger partial charge in [0, 0.05) is 5.39 Å². The summed E-state index contributed by atoms with van der Waals surface area (Å²) in [5, 5.41) is 0.865. The van der Waals surface area contributed by atoms with E-state index in [9.17, 15) is 4.79 Å². The number of pyridine rings is 1. The normalized spacial score (nSPS) is 14.6. The van der Waals surface area contributed by atoms with E-state index in [2.05, 4.69) is 4.98 Å². The van der Waals surface area contributed by atoms with Gasteiger partial charge in [-0.15, -0.1) is 0 Å². The van der Waals surface area contributed by atoms with E-state index in [-0.39, 0.29) is 5.78 Å². The summed E-state index contributed by atoms with van der Waals surface area (Å²) in [7, 11) is 0. The number of anilines is 1. The van der Waals surface area contributed by atoms with E-state index in [1.54, 1.807) is 0 Å². The van der Waals surface area contributed by atoms with Crippen LogP contribution in [0, 0.1) is 0 Å². The molecule has 2 N–H and O–H groups in total.